The van der Waals surface area contributed by atoms with Crippen LogP contribution in [-0.2, 0) is 0 Å². The number of rotatable bonds is 36. The van der Waals surface area contributed by atoms with Crippen molar-refractivity contribution in [2.45, 2.75) is 233 Å². The van der Waals surface area contributed by atoms with Crippen molar-refractivity contribution in [1.29, 1.82) is 0 Å². The van der Waals surface area contributed by atoms with Gasteiger partial charge in [-0.05, 0) is 0 Å². The van der Waals surface area contributed by atoms with E-state index in [-0.39, 0.29) is 57.8 Å². The summed E-state index contributed by atoms with van der Waals surface area (Å²) in [5.41, 5.74) is 0. The Hall–Kier alpha value is 1.75. The second kappa shape index (κ2) is 54.2. The molecule has 0 bridgehead atoms. The Morgan fingerprint density at radius 2 is 0.364 bits per heavy atom. The number of unbranched alkanes of at least 4 members (excludes halogenated alkanes) is 28. The summed E-state index contributed by atoms with van der Waals surface area (Å²) in [5.74, 6) is 0. The summed E-state index contributed by atoms with van der Waals surface area (Å²) in [6.07, 6.45) is 45.1. The Morgan fingerprint density at radius 1 is 0.227 bits per heavy atom. The van der Waals surface area contributed by atoms with Crippen LogP contribution in [0.2, 0.25) is 0 Å². The smallest absolute Gasteiger partial charge is 1.00 e. The van der Waals surface area contributed by atoms with Crippen molar-refractivity contribution in [2.24, 2.45) is 0 Å². The molecule has 0 aromatic rings. The molecule has 1 radical (unpaired) electrons. The summed E-state index contributed by atoms with van der Waals surface area (Å²) in [4.78, 5) is 0. The maximum atomic E-state index is 4.67. The molecular formula is C40H84BrN2Nd. The topological polar surface area (TPSA) is 28.2 Å². The van der Waals surface area contributed by atoms with Crippen LogP contribution in [-0.4, -0.2) is 26.2 Å². The van der Waals surface area contributed by atoms with Crippen molar-refractivity contribution >= 4 is 0 Å². The van der Waals surface area contributed by atoms with E-state index in [1.807, 2.05) is 0 Å². The normalized spacial score (nSPS) is 10.6. The minimum atomic E-state index is 0. The summed E-state index contributed by atoms with van der Waals surface area (Å²) in [6, 6.07) is 0. The molecule has 0 unspecified atom stereocenters. The fourth-order valence-electron chi connectivity index (χ4n) is 5.65. The van der Waals surface area contributed by atoms with Gasteiger partial charge in [0.15, 0.2) is 0 Å². The Kier molecular flexibility index (Phi) is 64.8. The van der Waals surface area contributed by atoms with Gasteiger partial charge < -0.3 is 27.6 Å². The third-order valence-corrected chi connectivity index (χ3v) is 8.68. The van der Waals surface area contributed by atoms with E-state index in [9.17, 15) is 0 Å². The van der Waals surface area contributed by atoms with Gasteiger partial charge in [0.2, 0.25) is 0 Å². The van der Waals surface area contributed by atoms with Crippen LogP contribution in [0.4, 0.5) is 0 Å². The second-order valence-corrected chi connectivity index (χ2v) is 13.2. The number of hydrogen-bond donors (Lipinski definition) is 0. The van der Waals surface area contributed by atoms with E-state index in [4.69, 9.17) is 0 Å². The molecule has 0 aliphatic carbocycles. The van der Waals surface area contributed by atoms with E-state index in [1.165, 1.54) is 205 Å². The van der Waals surface area contributed by atoms with Crippen LogP contribution in [0.25, 0.3) is 10.6 Å². The quantitative estimate of drug-likeness (QED) is 0.0564. The van der Waals surface area contributed by atoms with Gasteiger partial charge in [0, 0.05) is 0 Å². The minimum absolute atomic E-state index is 0. The van der Waals surface area contributed by atoms with Gasteiger partial charge in [-0.2, -0.15) is 0 Å². The van der Waals surface area contributed by atoms with Crippen molar-refractivity contribution in [3.05, 3.63) is 10.6 Å². The van der Waals surface area contributed by atoms with Crippen molar-refractivity contribution in [1.82, 2.24) is 0 Å². The number of halogens is 1. The van der Waals surface area contributed by atoms with Crippen LogP contribution in [0.15, 0.2) is 0 Å². The van der Waals surface area contributed by atoms with E-state index in [0.717, 1.165) is 26.2 Å². The zero-order chi connectivity index (χ0) is 30.9. The molecule has 0 rings (SSSR count). The van der Waals surface area contributed by atoms with Gasteiger partial charge in [-0.1, -0.05) is 233 Å². The Morgan fingerprint density at radius 3 is 0.523 bits per heavy atom. The molecular weight excluding hydrogens is 733 g/mol. The van der Waals surface area contributed by atoms with Gasteiger partial charge in [-0.25, -0.2) is 0 Å². The molecule has 0 aromatic carbocycles. The van der Waals surface area contributed by atoms with Gasteiger partial charge in [0.25, 0.3) is 0 Å². The molecule has 0 spiro atoms. The average molecular weight is 817 g/mol. The summed E-state index contributed by atoms with van der Waals surface area (Å²) < 4.78 is 0. The molecule has 0 atom stereocenters. The Balaban J connectivity index is -0.000000348. The summed E-state index contributed by atoms with van der Waals surface area (Å²) in [5, 5.41) is 9.33. The largest absolute Gasteiger partial charge is 3.00 e. The molecule has 0 aliphatic rings. The maximum Gasteiger partial charge on any atom is 3.00 e. The minimum Gasteiger partial charge on any atom is -1.00 e. The first kappa shape index (κ1) is 52.6. The fraction of sp³-hybridized carbons (Fsp3) is 1.00. The first-order valence-electron chi connectivity index (χ1n) is 20.1. The zero-order valence-corrected chi connectivity index (χ0v) is 36.0. The zero-order valence-electron chi connectivity index (χ0n) is 31.2. The van der Waals surface area contributed by atoms with Crippen LogP contribution >= 0.6 is 0 Å². The number of nitrogens with zero attached hydrogens (tertiary/aromatic N) is 2. The molecule has 0 aromatic heterocycles. The molecule has 0 amide bonds. The van der Waals surface area contributed by atoms with E-state index in [2.05, 4.69) is 38.3 Å². The van der Waals surface area contributed by atoms with Gasteiger partial charge in [0.05, 0.1) is 0 Å². The summed E-state index contributed by atoms with van der Waals surface area (Å²) in [6.45, 7) is 13.6. The Bertz CT molecular complexity index is 350. The molecule has 0 heterocycles. The maximum absolute atomic E-state index is 4.67. The van der Waals surface area contributed by atoms with Gasteiger partial charge >= 0.3 is 40.8 Å². The van der Waals surface area contributed by atoms with Crippen molar-refractivity contribution in [3.63, 3.8) is 0 Å². The van der Waals surface area contributed by atoms with Gasteiger partial charge in [-0.15, -0.1) is 26.2 Å². The van der Waals surface area contributed by atoms with E-state index < -0.39 is 0 Å². The predicted octanol–water partition coefficient (Wildman–Crippen LogP) is 12.3. The second-order valence-electron chi connectivity index (χ2n) is 13.2. The van der Waals surface area contributed by atoms with Crippen LogP contribution in [0, 0.1) is 40.8 Å². The van der Waals surface area contributed by atoms with E-state index >= 15 is 0 Å². The third-order valence-electron chi connectivity index (χ3n) is 8.68. The number of hydrogen-bond acceptors (Lipinski definition) is 0. The average Bonchev–Trinajstić information content (AvgIpc) is 3.00. The third kappa shape index (κ3) is 56.1. The van der Waals surface area contributed by atoms with Crippen LogP contribution in [0.5, 0.6) is 0 Å². The fourth-order valence-corrected chi connectivity index (χ4v) is 5.65. The Labute approximate surface area is 325 Å². The molecule has 44 heavy (non-hydrogen) atoms. The van der Waals surface area contributed by atoms with Crippen molar-refractivity contribution < 1.29 is 57.8 Å². The first-order valence-corrected chi connectivity index (χ1v) is 20.1. The van der Waals surface area contributed by atoms with Crippen LogP contribution in [0.1, 0.15) is 233 Å². The van der Waals surface area contributed by atoms with Crippen molar-refractivity contribution in [2.75, 3.05) is 26.2 Å². The van der Waals surface area contributed by atoms with Crippen molar-refractivity contribution in [3.8, 4) is 0 Å². The molecule has 0 saturated carbocycles. The molecule has 0 N–H and O–H groups in total. The molecule has 4 heteroatoms. The molecule has 0 saturated heterocycles. The van der Waals surface area contributed by atoms with E-state index in [1.54, 1.807) is 0 Å². The van der Waals surface area contributed by atoms with Gasteiger partial charge in [-0.3, -0.25) is 0 Å². The monoisotopic (exact) mass is 813 g/mol. The summed E-state index contributed by atoms with van der Waals surface area (Å²) >= 11 is 0. The molecule has 2 nitrogen and oxygen atoms in total. The first-order chi connectivity index (χ1) is 20.8. The molecule has 0 aliphatic heterocycles. The van der Waals surface area contributed by atoms with Crippen LogP contribution in [0.3, 0.4) is 0 Å². The molecule has 265 valence electrons. The van der Waals surface area contributed by atoms with E-state index in [0.29, 0.717) is 0 Å². The molecule has 0 fully saturated rings. The van der Waals surface area contributed by atoms with Gasteiger partial charge in [0.1, 0.15) is 0 Å². The predicted molar refractivity (Wildman–Crippen MR) is 197 cm³/mol. The standard InChI is InChI=1S/2C20H42N.BrH.Nd/c2*1-3-5-7-9-11-13-15-17-19-21-20-18-16-14-12-10-8-6-4-2;;/h2*3-20H2,1-2H3;1H;/q2*-1;;+3/p-1. The summed E-state index contributed by atoms with van der Waals surface area (Å²) in [7, 11) is 0. The SMILES string of the molecule is CCCCCCCCCC[N-]CCCCCCCCCC.CCCCCCCCCC[N-]CCCCCCCCCC.[Br-].[Nd+3]. The van der Waals surface area contributed by atoms with Crippen LogP contribution < -0.4 is 17.0 Å².